The number of amides is 2. The molecule has 34 heavy (non-hydrogen) atoms. The fourth-order valence-electron chi connectivity index (χ4n) is 4.39. The zero-order chi connectivity index (χ0) is 23.9. The molecule has 0 unspecified atom stereocenters. The molecule has 0 spiro atoms. The second-order valence-electron chi connectivity index (χ2n) is 9.11. The SMILES string of the molecule is CCCCN(CC(=O)N1CCN(c2ccc(-c3ccc(OC)cc3)nn2)CC1)C(=O)C1CCC1. The van der Waals surface area contributed by atoms with Crippen molar-refractivity contribution >= 4 is 17.6 Å². The number of benzene rings is 1. The molecule has 0 bridgehead atoms. The molecule has 2 amide bonds. The fourth-order valence-corrected chi connectivity index (χ4v) is 4.39. The minimum atomic E-state index is 0.0457. The maximum absolute atomic E-state index is 13.0. The van der Waals surface area contributed by atoms with Crippen LogP contribution in [0.1, 0.15) is 39.0 Å². The van der Waals surface area contributed by atoms with Gasteiger partial charge in [-0.1, -0.05) is 19.8 Å². The summed E-state index contributed by atoms with van der Waals surface area (Å²) in [6, 6.07) is 11.7. The van der Waals surface area contributed by atoms with Crippen LogP contribution in [0.3, 0.4) is 0 Å². The van der Waals surface area contributed by atoms with Gasteiger partial charge in [-0.25, -0.2) is 0 Å². The van der Waals surface area contributed by atoms with Crippen molar-refractivity contribution in [3.05, 3.63) is 36.4 Å². The van der Waals surface area contributed by atoms with E-state index in [1.165, 1.54) is 0 Å². The summed E-state index contributed by atoms with van der Waals surface area (Å²) >= 11 is 0. The summed E-state index contributed by atoms with van der Waals surface area (Å²) in [4.78, 5) is 31.6. The second kappa shape index (κ2) is 11.3. The van der Waals surface area contributed by atoms with Gasteiger partial charge in [0.15, 0.2) is 5.82 Å². The molecule has 1 saturated carbocycles. The van der Waals surface area contributed by atoms with Crippen molar-refractivity contribution < 1.29 is 14.3 Å². The first kappa shape index (κ1) is 24.0. The number of ether oxygens (including phenoxy) is 1. The second-order valence-corrected chi connectivity index (χ2v) is 9.11. The molecule has 2 aliphatic rings. The zero-order valence-corrected chi connectivity index (χ0v) is 20.3. The first-order chi connectivity index (χ1) is 16.6. The summed E-state index contributed by atoms with van der Waals surface area (Å²) in [5.74, 6) is 1.96. The lowest BCUT2D eigenvalue weighted by Crippen LogP contribution is -2.53. The molecule has 0 atom stereocenters. The Balaban J connectivity index is 1.30. The van der Waals surface area contributed by atoms with Crippen LogP contribution in [0.4, 0.5) is 5.82 Å². The quantitative estimate of drug-likeness (QED) is 0.566. The van der Waals surface area contributed by atoms with Crippen LogP contribution in [0.2, 0.25) is 0 Å². The third kappa shape index (κ3) is 5.66. The molecule has 182 valence electrons. The maximum Gasteiger partial charge on any atom is 0.242 e. The average molecular weight is 466 g/mol. The van der Waals surface area contributed by atoms with Gasteiger partial charge >= 0.3 is 0 Å². The van der Waals surface area contributed by atoms with Crippen LogP contribution in [0, 0.1) is 5.92 Å². The van der Waals surface area contributed by atoms with Gasteiger partial charge in [-0.2, -0.15) is 0 Å². The maximum atomic E-state index is 13.0. The molecule has 1 aliphatic carbocycles. The first-order valence-electron chi connectivity index (χ1n) is 12.4. The van der Waals surface area contributed by atoms with Crippen LogP contribution < -0.4 is 9.64 Å². The van der Waals surface area contributed by atoms with Crippen LogP contribution in [0.15, 0.2) is 36.4 Å². The minimum absolute atomic E-state index is 0.0457. The first-order valence-corrected chi connectivity index (χ1v) is 12.4. The van der Waals surface area contributed by atoms with Gasteiger partial charge in [-0.3, -0.25) is 9.59 Å². The van der Waals surface area contributed by atoms with Gasteiger partial charge in [0, 0.05) is 44.2 Å². The molecular formula is C26H35N5O3. The Morgan fingerprint density at radius 3 is 2.32 bits per heavy atom. The van der Waals surface area contributed by atoms with Gasteiger partial charge in [-0.05, 0) is 55.7 Å². The van der Waals surface area contributed by atoms with Crippen molar-refractivity contribution in [3.63, 3.8) is 0 Å². The normalized spacial score (nSPS) is 16.2. The van der Waals surface area contributed by atoms with Crippen molar-refractivity contribution in [3.8, 4) is 17.0 Å². The number of carbonyl (C=O) groups excluding carboxylic acids is 2. The summed E-state index contributed by atoms with van der Waals surface area (Å²) < 4.78 is 5.21. The number of anilines is 1. The number of piperazine rings is 1. The predicted octanol–water partition coefficient (Wildman–Crippen LogP) is 3.23. The van der Waals surface area contributed by atoms with Crippen molar-refractivity contribution in [2.24, 2.45) is 5.92 Å². The topological polar surface area (TPSA) is 78.9 Å². The van der Waals surface area contributed by atoms with E-state index in [-0.39, 0.29) is 24.3 Å². The molecule has 8 nitrogen and oxygen atoms in total. The van der Waals surface area contributed by atoms with E-state index in [1.54, 1.807) is 12.0 Å². The Kier molecular flexibility index (Phi) is 7.98. The Morgan fingerprint density at radius 1 is 1.03 bits per heavy atom. The summed E-state index contributed by atoms with van der Waals surface area (Å²) in [5, 5.41) is 8.81. The summed E-state index contributed by atoms with van der Waals surface area (Å²) in [6.45, 7) is 5.64. The number of aromatic nitrogens is 2. The third-order valence-corrected chi connectivity index (χ3v) is 6.87. The highest BCUT2D eigenvalue weighted by Crippen LogP contribution is 2.28. The fraction of sp³-hybridized carbons (Fsp3) is 0.538. The number of methoxy groups -OCH3 is 1. The number of rotatable bonds is 9. The molecule has 2 fully saturated rings. The highest BCUT2D eigenvalue weighted by Gasteiger charge is 2.31. The Hall–Kier alpha value is -3.16. The molecule has 1 aromatic carbocycles. The van der Waals surface area contributed by atoms with Crippen molar-refractivity contribution in [1.29, 1.82) is 0 Å². The molecule has 2 heterocycles. The molecule has 4 rings (SSSR count). The lowest BCUT2D eigenvalue weighted by Gasteiger charge is -2.37. The lowest BCUT2D eigenvalue weighted by molar-refractivity contribution is -0.144. The number of unbranched alkanes of at least 4 members (excludes halogenated alkanes) is 1. The predicted molar refractivity (Wildman–Crippen MR) is 132 cm³/mol. The van der Waals surface area contributed by atoms with Gasteiger partial charge in [-0.15, -0.1) is 10.2 Å². The van der Waals surface area contributed by atoms with Crippen molar-refractivity contribution in [1.82, 2.24) is 20.0 Å². The van der Waals surface area contributed by atoms with Crippen molar-refractivity contribution in [2.75, 3.05) is 51.3 Å². The van der Waals surface area contributed by atoms with Crippen molar-refractivity contribution in [2.45, 2.75) is 39.0 Å². The highest BCUT2D eigenvalue weighted by atomic mass is 16.5. The summed E-state index contributed by atoms with van der Waals surface area (Å²) in [6.07, 6.45) is 5.00. The van der Waals surface area contributed by atoms with E-state index in [2.05, 4.69) is 22.0 Å². The third-order valence-electron chi connectivity index (χ3n) is 6.87. The smallest absolute Gasteiger partial charge is 0.242 e. The van der Waals surface area contributed by atoms with E-state index in [1.807, 2.05) is 41.3 Å². The molecule has 0 N–H and O–H groups in total. The zero-order valence-electron chi connectivity index (χ0n) is 20.3. The van der Waals surface area contributed by atoms with Crippen LogP contribution in [-0.4, -0.2) is 78.2 Å². The number of carbonyl (C=O) groups is 2. The highest BCUT2D eigenvalue weighted by molar-refractivity contribution is 5.86. The Morgan fingerprint density at radius 2 is 1.76 bits per heavy atom. The average Bonchev–Trinajstić information content (AvgIpc) is 2.85. The van der Waals surface area contributed by atoms with E-state index in [4.69, 9.17) is 4.74 Å². The van der Waals surface area contributed by atoms with E-state index in [9.17, 15) is 9.59 Å². The molecule has 1 saturated heterocycles. The minimum Gasteiger partial charge on any atom is -0.497 e. The van der Waals surface area contributed by atoms with Gasteiger partial charge in [0.25, 0.3) is 0 Å². The Bertz CT molecular complexity index is 951. The molecule has 0 radical (unpaired) electrons. The molecule has 1 aliphatic heterocycles. The van der Waals surface area contributed by atoms with Crippen LogP contribution in [-0.2, 0) is 9.59 Å². The van der Waals surface area contributed by atoms with E-state index in [0.29, 0.717) is 32.7 Å². The summed E-state index contributed by atoms with van der Waals surface area (Å²) in [5.41, 5.74) is 1.79. The largest absolute Gasteiger partial charge is 0.497 e. The molecule has 2 aromatic rings. The summed E-state index contributed by atoms with van der Waals surface area (Å²) in [7, 11) is 1.65. The van der Waals surface area contributed by atoms with Gasteiger partial charge in [0.1, 0.15) is 5.75 Å². The Labute approximate surface area is 201 Å². The number of hydrogen-bond donors (Lipinski definition) is 0. The van der Waals surface area contributed by atoms with Gasteiger partial charge in [0.2, 0.25) is 11.8 Å². The van der Waals surface area contributed by atoms with E-state index < -0.39 is 0 Å². The van der Waals surface area contributed by atoms with Gasteiger partial charge in [0.05, 0.1) is 19.3 Å². The number of nitrogens with zero attached hydrogens (tertiary/aromatic N) is 5. The lowest BCUT2D eigenvalue weighted by atomic mass is 9.84. The van der Waals surface area contributed by atoms with Crippen LogP contribution in [0.5, 0.6) is 5.75 Å². The van der Waals surface area contributed by atoms with Gasteiger partial charge < -0.3 is 19.4 Å². The molecule has 8 heteroatoms. The molecular weight excluding hydrogens is 430 g/mol. The monoisotopic (exact) mass is 465 g/mol. The number of hydrogen-bond acceptors (Lipinski definition) is 6. The van der Waals surface area contributed by atoms with E-state index in [0.717, 1.165) is 54.9 Å². The van der Waals surface area contributed by atoms with Crippen LogP contribution >= 0.6 is 0 Å². The van der Waals surface area contributed by atoms with E-state index >= 15 is 0 Å². The molecule has 1 aromatic heterocycles. The van der Waals surface area contributed by atoms with Crippen LogP contribution in [0.25, 0.3) is 11.3 Å². The standard InChI is InChI=1S/C26H35N5O3/c1-3-4-14-31(26(33)21-6-5-7-21)19-25(32)30-17-15-29(16-18-30)24-13-12-23(27-28-24)20-8-10-22(34-2)11-9-20/h8-13,21H,3-7,14-19H2,1-2H3.